The predicted octanol–water partition coefficient (Wildman–Crippen LogP) is 4.05. The summed E-state index contributed by atoms with van der Waals surface area (Å²) in [5, 5.41) is 12.3. The molecule has 0 radical (unpaired) electrons. The van der Waals surface area contributed by atoms with E-state index in [1.54, 1.807) is 0 Å². The molecule has 1 heterocycles. The highest BCUT2D eigenvalue weighted by Gasteiger charge is 2.05. The van der Waals surface area contributed by atoms with E-state index in [0.29, 0.717) is 13.0 Å². The van der Waals surface area contributed by atoms with E-state index in [1.807, 2.05) is 0 Å². The first-order valence-corrected chi connectivity index (χ1v) is 7.68. The smallest absolute Gasteiger partial charge is 0.305 e. The van der Waals surface area contributed by atoms with Crippen LogP contribution in [0.3, 0.4) is 0 Å². The Bertz CT molecular complexity index is 277. The van der Waals surface area contributed by atoms with Crippen molar-refractivity contribution in [3.63, 3.8) is 0 Å². The standard InChI is InChI=1S/C15H27NO3/c17-15-12-8-6-4-2-1-3-5-7-10-14(16-18)11-9-13-19-15/h18H,1-13H2. The summed E-state index contributed by atoms with van der Waals surface area (Å²) in [6.45, 7) is 0.442. The molecular formula is C15H27NO3. The lowest BCUT2D eigenvalue weighted by Gasteiger charge is -2.08. The van der Waals surface area contributed by atoms with Crippen LogP contribution in [0.25, 0.3) is 0 Å². The highest BCUT2D eigenvalue weighted by Crippen LogP contribution is 2.13. The fourth-order valence-corrected chi connectivity index (χ4v) is 2.42. The third-order valence-corrected chi connectivity index (χ3v) is 3.61. The van der Waals surface area contributed by atoms with Crippen molar-refractivity contribution in [3.8, 4) is 0 Å². The lowest BCUT2D eigenvalue weighted by atomic mass is 10.0. The molecule has 0 aromatic carbocycles. The molecule has 110 valence electrons. The Labute approximate surface area is 116 Å². The Morgan fingerprint density at radius 1 is 0.789 bits per heavy atom. The first-order chi connectivity index (χ1) is 9.33. The minimum Gasteiger partial charge on any atom is -0.466 e. The molecule has 0 aliphatic carbocycles. The van der Waals surface area contributed by atoms with Crippen molar-refractivity contribution in [2.24, 2.45) is 5.16 Å². The van der Waals surface area contributed by atoms with Gasteiger partial charge in [-0.2, -0.15) is 0 Å². The molecule has 19 heavy (non-hydrogen) atoms. The molecule has 1 aliphatic heterocycles. The quantitative estimate of drug-likeness (QED) is 0.410. The van der Waals surface area contributed by atoms with Gasteiger partial charge in [0.25, 0.3) is 0 Å². The van der Waals surface area contributed by atoms with Gasteiger partial charge in [0, 0.05) is 6.42 Å². The van der Waals surface area contributed by atoms with Gasteiger partial charge in [-0.15, -0.1) is 0 Å². The summed E-state index contributed by atoms with van der Waals surface area (Å²) in [6.07, 6.45) is 12.3. The molecule has 0 unspecified atom stereocenters. The van der Waals surface area contributed by atoms with E-state index in [2.05, 4.69) is 5.16 Å². The fourth-order valence-electron chi connectivity index (χ4n) is 2.42. The number of ether oxygens (including phenoxy) is 1. The van der Waals surface area contributed by atoms with Gasteiger partial charge < -0.3 is 9.94 Å². The van der Waals surface area contributed by atoms with Crippen molar-refractivity contribution in [1.82, 2.24) is 0 Å². The summed E-state index contributed by atoms with van der Waals surface area (Å²) in [6, 6.07) is 0. The van der Waals surface area contributed by atoms with Crippen LogP contribution in [0.4, 0.5) is 0 Å². The van der Waals surface area contributed by atoms with E-state index in [-0.39, 0.29) is 5.97 Å². The second kappa shape index (κ2) is 10.8. The maximum atomic E-state index is 11.4. The first-order valence-electron chi connectivity index (χ1n) is 7.68. The van der Waals surface area contributed by atoms with Crippen LogP contribution in [0.15, 0.2) is 5.16 Å². The number of carbonyl (C=O) groups excluding carboxylic acids is 1. The zero-order chi connectivity index (χ0) is 13.8. The van der Waals surface area contributed by atoms with Crippen molar-refractivity contribution in [2.45, 2.75) is 77.0 Å². The largest absolute Gasteiger partial charge is 0.466 e. The molecule has 1 saturated heterocycles. The third kappa shape index (κ3) is 8.62. The minimum absolute atomic E-state index is 0.0884. The average molecular weight is 269 g/mol. The van der Waals surface area contributed by atoms with Crippen LogP contribution in [0.1, 0.15) is 77.0 Å². The van der Waals surface area contributed by atoms with E-state index < -0.39 is 0 Å². The molecule has 1 aliphatic rings. The van der Waals surface area contributed by atoms with Gasteiger partial charge >= 0.3 is 5.97 Å². The second-order valence-corrected chi connectivity index (χ2v) is 5.32. The highest BCUT2D eigenvalue weighted by molar-refractivity contribution is 5.83. The molecule has 0 saturated carbocycles. The predicted molar refractivity (Wildman–Crippen MR) is 75.6 cm³/mol. The van der Waals surface area contributed by atoms with Gasteiger partial charge in [0.05, 0.1) is 12.3 Å². The Balaban J connectivity index is 2.30. The molecule has 0 aromatic heterocycles. The Morgan fingerprint density at radius 2 is 1.32 bits per heavy atom. The van der Waals surface area contributed by atoms with Gasteiger partial charge in [0.15, 0.2) is 0 Å². The lowest BCUT2D eigenvalue weighted by Crippen LogP contribution is -2.08. The maximum absolute atomic E-state index is 11.4. The summed E-state index contributed by atoms with van der Waals surface area (Å²) in [4.78, 5) is 11.4. The van der Waals surface area contributed by atoms with Crippen LogP contribution >= 0.6 is 0 Å². The van der Waals surface area contributed by atoms with Crippen LogP contribution in [-0.4, -0.2) is 23.5 Å². The zero-order valence-corrected chi connectivity index (χ0v) is 11.9. The van der Waals surface area contributed by atoms with Gasteiger partial charge in [0.2, 0.25) is 0 Å². The monoisotopic (exact) mass is 269 g/mol. The normalized spacial score (nSPS) is 24.0. The molecule has 4 heteroatoms. The molecule has 0 bridgehead atoms. The number of hydrogen-bond donors (Lipinski definition) is 1. The number of hydrogen-bond acceptors (Lipinski definition) is 4. The number of oxime groups is 1. The van der Waals surface area contributed by atoms with Crippen molar-refractivity contribution >= 4 is 11.7 Å². The molecule has 0 atom stereocenters. The van der Waals surface area contributed by atoms with Crippen molar-refractivity contribution < 1.29 is 14.7 Å². The van der Waals surface area contributed by atoms with Crippen molar-refractivity contribution in [2.75, 3.05) is 6.61 Å². The minimum atomic E-state index is -0.0884. The first kappa shape index (κ1) is 16.0. The Hall–Kier alpha value is -1.06. The van der Waals surface area contributed by atoms with Gasteiger partial charge in [-0.25, -0.2) is 0 Å². The molecule has 1 N–H and O–H groups in total. The number of cyclic esters (lactones) is 1. The van der Waals surface area contributed by atoms with E-state index in [0.717, 1.165) is 44.2 Å². The molecule has 1 rings (SSSR count). The molecule has 0 aromatic rings. The zero-order valence-electron chi connectivity index (χ0n) is 11.9. The fraction of sp³-hybridized carbons (Fsp3) is 0.867. The number of rotatable bonds is 0. The van der Waals surface area contributed by atoms with Crippen LogP contribution in [0.2, 0.25) is 0 Å². The van der Waals surface area contributed by atoms with Gasteiger partial charge in [-0.3, -0.25) is 4.79 Å². The van der Waals surface area contributed by atoms with E-state index in [1.165, 1.54) is 32.1 Å². The summed E-state index contributed by atoms with van der Waals surface area (Å²) < 4.78 is 5.16. The van der Waals surface area contributed by atoms with Crippen LogP contribution in [-0.2, 0) is 9.53 Å². The van der Waals surface area contributed by atoms with E-state index in [4.69, 9.17) is 9.94 Å². The average Bonchev–Trinajstić information content (AvgIpc) is 2.41. The van der Waals surface area contributed by atoms with Gasteiger partial charge in [-0.1, -0.05) is 43.7 Å². The molecule has 0 amide bonds. The van der Waals surface area contributed by atoms with Crippen molar-refractivity contribution in [1.29, 1.82) is 0 Å². The Morgan fingerprint density at radius 3 is 1.95 bits per heavy atom. The van der Waals surface area contributed by atoms with E-state index >= 15 is 0 Å². The number of nitrogens with zero attached hydrogens (tertiary/aromatic N) is 1. The second-order valence-electron chi connectivity index (χ2n) is 5.32. The summed E-state index contributed by atoms with van der Waals surface area (Å²) in [5.41, 5.74) is 0.836. The Kier molecular flexibility index (Phi) is 9.11. The topological polar surface area (TPSA) is 58.9 Å². The van der Waals surface area contributed by atoms with Gasteiger partial charge in [-0.05, 0) is 32.1 Å². The lowest BCUT2D eigenvalue weighted by molar-refractivity contribution is -0.143. The summed E-state index contributed by atoms with van der Waals surface area (Å²) in [7, 11) is 0. The maximum Gasteiger partial charge on any atom is 0.305 e. The molecular weight excluding hydrogens is 242 g/mol. The highest BCUT2D eigenvalue weighted by atomic mass is 16.5. The summed E-state index contributed by atoms with van der Waals surface area (Å²) in [5.74, 6) is -0.0884. The van der Waals surface area contributed by atoms with Crippen LogP contribution in [0.5, 0.6) is 0 Å². The SMILES string of the molecule is O=C1CCCCCCCCCCC(=NO)CCCO1. The van der Waals surface area contributed by atoms with E-state index in [9.17, 15) is 4.79 Å². The van der Waals surface area contributed by atoms with Crippen LogP contribution < -0.4 is 0 Å². The number of esters is 1. The number of carbonyl (C=O) groups is 1. The summed E-state index contributed by atoms with van der Waals surface area (Å²) >= 11 is 0. The molecule has 4 nitrogen and oxygen atoms in total. The third-order valence-electron chi connectivity index (χ3n) is 3.61. The van der Waals surface area contributed by atoms with Gasteiger partial charge in [0.1, 0.15) is 0 Å². The molecule has 0 spiro atoms. The molecule has 1 fully saturated rings. The van der Waals surface area contributed by atoms with Crippen molar-refractivity contribution in [3.05, 3.63) is 0 Å². The van der Waals surface area contributed by atoms with Crippen LogP contribution in [0, 0.1) is 0 Å².